The minimum Gasteiger partial charge on any atom is -0.325 e. The Kier molecular flexibility index (Phi) is 3.24. The van der Waals surface area contributed by atoms with E-state index in [0.717, 1.165) is 0 Å². The number of fused-ring (bicyclic) bond motifs is 8. The van der Waals surface area contributed by atoms with Gasteiger partial charge in [0.2, 0.25) is 0 Å². The summed E-state index contributed by atoms with van der Waals surface area (Å²) in [5, 5.41) is 0. The fourth-order valence-corrected chi connectivity index (χ4v) is 2.58. The van der Waals surface area contributed by atoms with Gasteiger partial charge in [-0.15, -0.1) is 0 Å². The molecule has 0 fully saturated rings. The zero-order valence-corrected chi connectivity index (χ0v) is 13.5. The van der Waals surface area contributed by atoms with Crippen molar-refractivity contribution in [1.29, 1.82) is 0 Å². The molecule has 4 aliphatic heterocycles. The number of hydrogen-bond acceptors (Lipinski definition) is 6. The third-order valence-corrected chi connectivity index (χ3v) is 3.69. The monoisotopic (exact) mass is 340 g/mol. The molecule has 0 unspecified atom stereocenters. The van der Waals surface area contributed by atoms with E-state index in [1.807, 2.05) is 60.8 Å². The first-order valence-electron chi connectivity index (χ1n) is 7.99. The number of rotatable bonds is 0. The number of H-pyrrole nitrogens is 2. The van der Waals surface area contributed by atoms with Crippen LogP contribution in [0.1, 0.15) is 34.9 Å². The summed E-state index contributed by atoms with van der Waals surface area (Å²) in [6, 6.07) is 0. The predicted octanol–water partition coefficient (Wildman–Crippen LogP) is 0.668. The number of hydrogen-bond donors (Lipinski definition) is 2. The summed E-state index contributed by atoms with van der Waals surface area (Å²) in [4.78, 5) is 33.1. The van der Waals surface area contributed by atoms with Crippen LogP contribution in [-0.2, 0) is 0 Å². The van der Waals surface area contributed by atoms with Crippen molar-refractivity contribution in [2.45, 2.75) is 0 Å². The van der Waals surface area contributed by atoms with Crippen LogP contribution in [0, 0.1) is 0 Å². The van der Waals surface area contributed by atoms with Crippen LogP contribution in [0.5, 0.6) is 0 Å². The Morgan fingerprint density at radius 1 is 0.462 bits per heavy atom. The Balaban J connectivity index is 1.86. The largest absolute Gasteiger partial charge is 0.325 e. The van der Waals surface area contributed by atoms with Gasteiger partial charge >= 0.3 is 0 Å². The summed E-state index contributed by atoms with van der Waals surface area (Å²) in [5.41, 5.74) is 1.29. The van der Waals surface area contributed by atoms with Crippen LogP contribution >= 0.6 is 0 Å². The van der Waals surface area contributed by atoms with Crippen LogP contribution in [-0.4, -0.2) is 39.9 Å². The molecule has 1 aromatic heterocycles. The van der Waals surface area contributed by atoms with Crippen LogP contribution in [0.25, 0.3) is 48.6 Å². The van der Waals surface area contributed by atoms with Crippen LogP contribution in [0.15, 0.2) is 12.2 Å². The summed E-state index contributed by atoms with van der Waals surface area (Å²) in [7, 11) is 0. The molecule has 0 saturated heterocycles. The van der Waals surface area contributed by atoms with Crippen LogP contribution < -0.4 is 11.0 Å². The fourth-order valence-electron chi connectivity index (χ4n) is 2.58. The predicted molar refractivity (Wildman–Crippen MR) is 98.9 cm³/mol. The van der Waals surface area contributed by atoms with Gasteiger partial charge < -0.3 is 9.97 Å². The first kappa shape index (κ1) is 14.4. The smallest absolute Gasteiger partial charge is 0.156 e. The van der Waals surface area contributed by atoms with Crippen LogP contribution in [0.2, 0.25) is 0 Å². The highest BCUT2D eigenvalue weighted by atomic mass is 15.0. The molecule has 26 heavy (non-hydrogen) atoms. The molecule has 0 amide bonds. The molecule has 2 N–H and O–H groups in total. The van der Waals surface area contributed by atoms with E-state index < -0.39 is 0 Å². The molecule has 0 radical (unpaired) electrons. The minimum absolute atomic E-state index is 0.568. The number of aromatic amines is 2. The molecule has 1 aromatic rings. The third kappa shape index (κ3) is 2.91. The highest BCUT2D eigenvalue weighted by Gasteiger charge is 2.03. The van der Waals surface area contributed by atoms with Crippen molar-refractivity contribution in [3.63, 3.8) is 0 Å². The fraction of sp³-hybridized carbons (Fsp3) is 0. The molecule has 0 saturated carbocycles. The average Bonchev–Trinajstić information content (AvgIpc) is 3.24. The van der Waals surface area contributed by atoms with Gasteiger partial charge in [0.25, 0.3) is 0 Å². The third-order valence-electron chi connectivity index (χ3n) is 3.69. The molecular formula is C18H12N8. The quantitative estimate of drug-likeness (QED) is 0.622. The van der Waals surface area contributed by atoms with Gasteiger partial charge in [-0.2, -0.15) is 0 Å². The molecular weight excluding hydrogens is 328 g/mol. The molecule has 0 spiro atoms. The maximum Gasteiger partial charge on any atom is 0.156 e. The zero-order valence-electron chi connectivity index (χ0n) is 13.5. The number of nitrogens with zero attached hydrogens (tertiary/aromatic N) is 6. The Hall–Kier alpha value is -3.94. The van der Waals surface area contributed by atoms with E-state index >= 15 is 0 Å². The van der Waals surface area contributed by atoms with Gasteiger partial charge in [-0.3, -0.25) is 0 Å². The van der Waals surface area contributed by atoms with Gasteiger partial charge in [0, 0.05) is 0 Å². The van der Waals surface area contributed by atoms with Crippen LogP contribution in [0.4, 0.5) is 0 Å². The van der Waals surface area contributed by atoms with Gasteiger partial charge in [-0.1, -0.05) is 12.2 Å². The van der Waals surface area contributed by atoms with Gasteiger partial charge in [-0.05, 0) is 48.6 Å². The lowest BCUT2D eigenvalue weighted by molar-refractivity contribution is 0.975. The van der Waals surface area contributed by atoms with Crippen molar-refractivity contribution in [3.8, 4) is 0 Å². The molecule has 0 atom stereocenters. The lowest BCUT2D eigenvalue weighted by atomic mass is 10.4. The molecule has 8 heteroatoms. The Morgan fingerprint density at radius 3 is 1.35 bits per heavy atom. The average molecular weight is 340 g/mol. The molecule has 124 valence electrons. The summed E-state index contributed by atoms with van der Waals surface area (Å²) in [5.74, 6) is 3.57. The SMILES string of the molecule is C1=Cc2nc3nc(nc4[nH]c(nc5nc(nc([nH]2)=C1)C=C5)C=CC=4)C=C3. The van der Waals surface area contributed by atoms with Crippen molar-refractivity contribution in [1.82, 2.24) is 39.9 Å². The van der Waals surface area contributed by atoms with E-state index in [1.54, 1.807) is 0 Å². The van der Waals surface area contributed by atoms with Crippen molar-refractivity contribution >= 4 is 48.6 Å². The number of allylic oxidation sites excluding steroid dienone is 2. The van der Waals surface area contributed by atoms with Crippen LogP contribution in [0.3, 0.4) is 0 Å². The topological polar surface area (TPSA) is 109 Å². The molecule has 0 aliphatic carbocycles. The standard InChI is InChI=1S/C18H12N8/c1-3-11-19-12(4-1)22-16-8-10-18(26-16)24-14-6-2-5-13(20-14)23-17-9-7-15(21-11)25-17/h1-10H,(H2,19,20,21,22,23,24,25,26). The molecule has 8 nitrogen and oxygen atoms in total. The molecule has 5 rings (SSSR count). The first-order valence-corrected chi connectivity index (χ1v) is 7.99. The Bertz CT molecular complexity index is 1140. The Labute approximate surface area is 147 Å². The van der Waals surface area contributed by atoms with Crippen molar-refractivity contribution in [3.05, 3.63) is 58.1 Å². The number of nitrogens with one attached hydrogen (secondary N) is 2. The summed E-state index contributed by atoms with van der Waals surface area (Å²) in [6.07, 6.45) is 18.4. The van der Waals surface area contributed by atoms with Crippen molar-refractivity contribution in [2.75, 3.05) is 0 Å². The number of aromatic nitrogens is 8. The highest BCUT2D eigenvalue weighted by molar-refractivity contribution is 5.68. The molecule has 0 aromatic carbocycles. The summed E-state index contributed by atoms with van der Waals surface area (Å²) >= 11 is 0. The second-order valence-corrected chi connectivity index (χ2v) is 5.61. The second-order valence-electron chi connectivity index (χ2n) is 5.61. The molecule has 5 heterocycles. The van der Waals surface area contributed by atoms with Crippen molar-refractivity contribution in [2.24, 2.45) is 0 Å². The van der Waals surface area contributed by atoms with Crippen molar-refractivity contribution < 1.29 is 0 Å². The van der Waals surface area contributed by atoms with Gasteiger partial charge in [-0.25, -0.2) is 29.9 Å². The minimum atomic E-state index is 0.568. The van der Waals surface area contributed by atoms with Gasteiger partial charge in [0.1, 0.15) is 22.6 Å². The lowest BCUT2D eigenvalue weighted by Crippen LogP contribution is -2.14. The normalized spacial score (nSPS) is 14.2. The zero-order chi connectivity index (χ0) is 17.3. The summed E-state index contributed by atoms with van der Waals surface area (Å²) in [6.45, 7) is 0. The maximum absolute atomic E-state index is 4.49. The van der Waals surface area contributed by atoms with Gasteiger partial charge in [0.15, 0.2) is 23.3 Å². The molecule has 4 aliphatic rings. The maximum atomic E-state index is 4.49. The van der Waals surface area contributed by atoms with E-state index in [4.69, 9.17) is 0 Å². The molecule has 8 bridgehead atoms. The van der Waals surface area contributed by atoms with E-state index in [9.17, 15) is 0 Å². The second kappa shape index (κ2) is 5.85. The van der Waals surface area contributed by atoms with Gasteiger partial charge in [0.05, 0.1) is 0 Å². The lowest BCUT2D eigenvalue weighted by Gasteiger charge is -1.95. The summed E-state index contributed by atoms with van der Waals surface area (Å²) < 4.78 is 0. The first-order chi connectivity index (χ1) is 12.8. The highest BCUT2D eigenvalue weighted by Crippen LogP contribution is 2.06. The van der Waals surface area contributed by atoms with E-state index in [0.29, 0.717) is 45.9 Å². The van der Waals surface area contributed by atoms with E-state index in [2.05, 4.69) is 39.9 Å². The Morgan fingerprint density at radius 2 is 0.885 bits per heavy atom. The van der Waals surface area contributed by atoms with E-state index in [-0.39, 0.29) is 0 Å². The van der Waals surface area contributed by atoms with E-state index in [1.165, 1.54) is 0 Å².